The normalized spacial score (nSPS) is 13.7. The number of carbonyl (C=O) groups excluding carboxylic acids is 2. The predicted molar refractivity (Wildman–Crippen MR) is 121 cm³/mol. The molecular weight excluding hydrogens is 410 g/mol. The van der Waals surface area contributed by atoms with Crippen molar-refractivity contribution in [1.29, 1.82) is 0 Å². The number of ether oxygens (including phenoxy) is 2. The number of hydrogen-bond acceptors (Lipinski definition) is 5. The van der Waals surface area contributed by atoms with Crippen molar-refractivity contribution in [3.05, 3.63) is 94.9 Å². The van der Waals surface area contributed by atoms with Crippen LogP contribution in [-0.2, 0) is 16.1 Å². The maximum Gasteiger partial charge on any atom is 0.268 e. The largest absolute Gasteiger partial charge is 0.493 e. The van der Waals surface area contributed by atoms with Crippen LogP contribution in [0.5, 0.6) is 11.5 Å². The van der Waals surface area contributed by atoms with Gasteiger partial charge in [0.05, 0.1) is 31.2 Å². The fraction of sp³-hybridized carbons (Fsp3) is 0.120. The molecule has 5 nitrogen and oxygen atoms in total. The summed E-state index contributed by atoms with van der Waals surface area (Å²) in [5.74, 6) is 0.542. The van der Waals surface area contributed by atoms with Crippen LogP contribution in [0.3, 0.4) is 0 Å². The van der Waals surface area contributed by atoms with Crippen molar-refractivity contribution in [3.8, 4) is 11.5 Å². The molecule has 0 radical (unpaired) electrons. The second kappa shape index (κ2) is 9.10. The Morgan fingerprint density at radius 2 is 1.42 bits per heavy atom. The van der Waals surface area contributed by atoms with Gasteiger partial charge >= 0.3 is 0 Å². The highest BCUT2D eigenvalue weighted by Crippen LogP contribution is 2.40. The molecule has 3 aromatic carbocycles. The molecule has 156 valence electrons. The van der Waals surface area contributed by atoms with Gasteiger partial charge in [-0.3, -0.25) is 14.5 Å². The maximum absolute atomic E-state index is 13.4. The number of rotatable bonds is 7. The first kappa shape index (κ1) is 20.8. The quantitative estimate of drug-likeness (QED) is 0.504. The summed E-state index contributed by atoms with van der Waals surface area (Å²) >= 11 is 1.32. The molecule has 1 heterocycles. The predicted octanol–water partition coefficient (Wildman–Crippen LogP) is 4.78. The van der Waals surface area contributed by atoms with Gasteiger partial charge in [0.15, 0.2) is 11.5 Å². The van der Waals surface area contributed by atoms with Gasteiger partial charge in [-0.2, -0.15) is 0 Å². The Morgan fingerprint density at radius 3 is 2.06 bits per heavy atom. The summed E-state index contributed by atoms with van der Waals surface area (Å²) in [7, 11) is 3.12. The van der Waals surface area contributed by atoms with E-state index in [0.717, 1.165) is 16.0 Å². The zero-order valence-corrected chi connectivity index (χ0v) is 18.0. The third kappa shape index (κ3) is 4.20. The first-order valence-electron chi connectivity index (χ1n) is 9.72. The zero-order chi connectivity index (χ0) is 21.8. The van der Waals surface area contributed by atoms with Crippen LogP contribution in [0.1, 0.15) is 11.1 Å². The molecule has 1 aliphatic rings. The molecule has 0 saturated carbocycles. The number of amides is 2. The van der Waals surface area contributed by atoms with Crippen LogP contribution in [0, 0.1) is 0 Å². The SMILES string of the molecule is COc1ccc(CN2C(=O)C(Sc3ccccc3)=C(c3ccccc3)C2=O)cc1OC. The van der Waals surface area contributed by atoms with E-state index in [1.54, 1.807) is 26.4 Å². The summed E-state index contributed by atoms with van der Waals surface area (Å²) in [5.41, 5.74) is 1.94. The van der Waals surface area contributed by atoms with Gasteiger partial charge in [-0.1, -0.05) is 66.4 Å². The lowest BCUT2D eigenvalue weighted by atomic mass is 10.1. The monoisotopic (exact) mass is 431 g/mol. The first-order chi connectivity index (χ1) is 15.1. The molecule has 0 aliphatic carbocycles. The molecule has 0 fully saturated rings. The van der Waals surface area contributed by atoms with E-state index in [0.29, 0.717) is 22.0 Å². The summed E-state index contributed by atoms with van der Waals surface area (Å²) in [6, 6.07) is 24.3. The Bertz CT molecular complexity index is 1140. The highest BCUT2D eigenvalue weighted by molar-refractivity contribution is 8.04. The molecular formula is C25H21NO4S. The zero-order valence-electron chi connectivity index (χ0n) is 17.2. The van der Waals surface area contributed by atoms with Crippen LogP contribution in [-0.4, -0.2) is 30.9 Å². The van der Waals surface area contributed by atoms with Gasteiger partial charge in [0.25, 0.3) is 11.8 Å². The molecule has 2 amide bonds. The van der Waals surface area contributed by atoms with Crippen LogP contribution in [0.2, 0.25) is 0 Å². The number of thioether (sulfide) groups is 1. The number of carbonyl (C=O) groups is 2. The number of hydrogen-bond donors (Lipinski definition) is 0. The summed E-state index contributed by atoms with van der Waals surface area (Å²) in [4.78, 5) is 29.4. The minimum absolute atomic E-state index is 0.146. The highest BCUT2D eigenvalue weighted by atomic mass is 32.2. The van der Waals surface area contributed by atoms with Gasteiger partial charge in [0.1, 0.15) is 0 Å². The van der Waals surface area contributed by atoms with Gasteiger partial charge < -0.3 is 9.47 Å². The van der Waals surface area contributed by atoms with Gasteiger partial charge in [0, 0.05) is 4.90 Å². The number of benzene rings is 3. The molecule has 0 aromatic heterocycles. The highest BCUT2D eigenvalue weighted by Gasteiger charge is 2.39. The summed E-state index contributed by atoms with van der Waals surface area (Å²) in [6.45, 7) is 0.146. The molecule has 0 bridgehead atoms. The number of imide groups is 1. The van der Waals surface area contributed by atoms with Crippen LogP contribution < -0.4 is 9.47 Å². The van der Waals surface area contributed by atoms with Gasteiger partial charge in [-0.25, -0.2) is 0 Å². The van der Waals surface area contributed by atoms with E-state index in [-0.39, 0.29) is 18.4 Å². The van der Waals surface area contributed by atoms with E-state index in [9.17, 15) is 9.59 Å². The van der Waals surface area contributed by atoms with Crippen LogP contribution in [0.25, 0.3) is 5.57 Å². The fourth-order valence-electron chi connectivity index (χ4n) is 3.42. The van der Waals surface area contributed by atoms with Crippen LogP contribution in [0.15, 0.2) is 88.7 Å². The van der Waals surface area contributed by atoms with Crippen molar-refractivity contribution >= 4 is 29.1 Å². The Hall–Kier alpha value is -3.51. The first-order valence-corrected chi connectivity index (χ1v) is 10.5. The van der Waals surface area contributed by atoms with Crippen molar-refractivity contribution in [2.75, 3.05) is 14.2 Å². The average molecular weight is 432 g/mol. The molecule has 0 saturated heterocycles. The van der Waals surface area contributed by atoms with E-state index >= 15 is 0 Å². The second-order valence-electron chi connectivity index (χ2n) is 6.87. The molecule has 0 unspecified atom stereocenters. The maximum atomic E-state index is 13.4. The van der Waals surface area contributed by atoms with E-state index in [2.05, 4.69) is 0 Å². The molecule has 0 N–H and O–H groups in total. The molecule has 31 heavy (non-hydrogen) atoms. The lowest BCUT2D eigenvalue weighted by Crippen LogP contribution is -2.30. The third-order valence-corrected chi connectivity index (χ3v) is 6.03. The molecule has 0 atom stereocenters. The van der Waals surface area contributed by atoms with Crippen molar-refractivity contribution in [1.82, 2.24) is 4.90 Å². The Morgan fingerprint density at radius 1 is 0.774 bits per heavy atom. The van der Waals surface area contributed by atoms with Gasteiger partial charge in [-0.15, -0.1) is 0 Å². The van der Waals surface area contributed by atoms with E-state index in [4.69, 9.17) is 9.47 Å². The minimum Gasteiger partial charge on any atom is -0.493 e. The van der Waals surface area contributed by atoms with Crippen molar-refractivity contribution in [2.24, 2.45) is 0 Å². The fourth-order valence-corrected chi connectivity index (χ4v) is 4.45. The summed E-state index contributed by atoms with van der Waals surface area (Å²) < 4.78 is 10.6. The molecule has 3 aromatic rings. The lowest BCUT2D eigenvalue weighted by molar-refractivity contribution is -0.137. The minimum atomic E-state index is -0.301. The van der Waals surface area contributed by atoms with Crippen molar-refractivity contribution in [3.63, 3.8) is 0 Å². The lowest BCUT2D eigenvalue weighted by Gasteiger charge is -2.16. The smallest absolute Gasteiger partial charge is 0.268 e. The van der Waals surface area contributed by atoms with E-state index < -0.39 is 0 Å². The molecule has 4 rings (SSSR count). The Balaban J connectivity index is 1.69. The van der Waals surface area contributed by atoms with E-state index in [1.807, 2.05) is 66.7 Å². The van der Waals surface area contributed by atoms with E-state index in [1.165, 1.54) is 16.7 Å². The molecule has 6 heteroatoms. The number of nitrogens with zero attached hydrogens (tertiary/aromatic N) is 1. The Labute approximate surface area is 185 Å². The summed E-state index contributed by atoms with van der Waals surface area (Å²) in [5, 5.41) is 0. The van der Waals surface area contributed by atoms with Crippen molar-refractivity contribution < 1.29 is 19.1 Å². The average Bonchev–Trinajstić information content (AvgIpc) is 3.04. The van der Waals surface area contributed by atoms with Crippen LogP contribution >= 0.6 is 11.8 Å². The molecule has 0 spiro atoms. The molecule has 1 aliphatic heterocycles. The van der Waals surface area contributed by atoms with Crippen molar-refractivity contribution in [2.45, 2.75) is 11.4 Å². The topological polar surface area (TPSA) is 55.8 Å². The van der Waals surface area contributed by atoms with Crippen LogP contribution in [0.4, 0.5) is 0 Å². The third-order valence-electron chi connectivity index (χ3n) is 4.94. The van der Waals surface area contributed by atoms with Gasteiger partial charge in [-0.05, 0) is 35.4 Å². The second-order valence-corrected chi connectivity index (χ2v) is 7.95. The summed E-state index contributed by atoms with van der Waals surface area (Å²) in [6.07, 6.45) is 0. The number of methoxy groups -OCH3 is 2. The Kier molecular flexibility index (Phi) is 6.09. The standard InChI is InChI=1S/C25H21NO4S/c1-29-20-14-13-17(15-21(20)30-2)16-26-24(27)22(18-9-5-3-6-10-18)23(25(26)28)31-19-11-7-4-8-12-19/h3-15H,16H2,1-2H3. The van der Waals surface area contributed by atoms with Gasteiger partial charge in [0.2, 0.25) is 0 Å².